The Kier molecular flexibility index (Phi) is 6.58. The Bertz CT molecular complexity index is 3360. The maximum atomic E-state index is 7.06. The standard InChI is InChI=1S/C54H36B2N2O2S/c1-31-23-25-36-48(27-31)61-53-52(36)60-46-22-12-20-44-50(46)56(53)41-18-10-17-40-51(41)58(44)43-19-11-21-45-49(43)55(40)42-30-39-37(29-47(42)59-45)35-26-24-34(28-38(35)54(39,2)3)57(32-13-6-4-7-14-32)33-15-8-5-9-16-33/h4-30H,1-3H3. The second-order valence-corrected chi connectivity index (χ2v) is 18.7. The summed E-state index contributed by atoms with van der Waals surface area (Å²) < 4.78 is 16.5. The van der Waals surface area contributed by atoms with E-state index in [2.05, 4.69) is 194 Å². The Labute approximate surface area is 359 Å². The fourth-order valence-electron chi connectivity index (χ4n) is 11.3. The van der Waals surface area contributed by atoms with E-state index in [1.165, 1.54) is 87.1 Å². The van der Waals surface area contributed by atoms with Crippen molar-refractivity contribution in [3.8, 4) is 34.1 Å². The largest absolute Gasteiger partial charge is 0.458 e. The van der Waals surface area contributed by atoms with E-state index >= 15 is 0 Å². The van der Waals surface area contributed by atoms with Crippen LogP contribution in [0.25, 0.3) is 21.2 Å². The lowest BCUT2D eigenvalue weighted by molar-refractivity contribution is 0.487. The molecule has 0 saturated carbocycles. The van der Waals surface area contributed by atoms with Crippen LogP contribution in [0.5, 0.6) is 23.0 Å². The van der Waals surface area contributed by atoms with Crippen LogP contribution in [0.2, 0.25) is 0 Å². The minimum Gasteiger partial charge on any atom is -0.458 e. The van der Waals surface area contributed by atoms with E-state index in [-0.39, 0.29) is 18.8 Å². The van der Waals surface area contributed by atoms with Crippen LogP contribution in [0.15, 0.2) is 164 Å². The zero-order valence-electron chi connectivity index (χ0n) is 33.9. The molecule has 4 aliphatic heterocycles. The molecule has 0 bridgehead atoms. The van der Waals surface area contributed by atoms with Crippen LogP contribution in [0, 0.1) is 6.92 Å². The summed E-state index contributed by atoms with van der Waals surface area (Å²) in [5.74, 6) is 3.81. The topological polar surface area (TPSA) is 24.9 Å². The Balaban J connectivity index is 0.953. The molecule has 8 aromatic carbocycles. The van der Waals surface area contributed by atoms with E-state index in [9.17, 15) is 0 Å². The molecule has 0 radical (unpaired) electrons. The SMILES string of the molecule is Cc1ccc2c3c(sc2c1)B1c2cccc4c2N(c2cccc5c2B4c2cc4c(cc2O5)-c2ccc(N(c5ccccc5)c5ccccc5)cc2C4(C)C)c2cccc(c21)O3. The van der Waals surface area contributed by atoms with Crippen LogP contribution < -0.4 is 51.4 Å². The lowest BCUT2D eigenvalue weighted by atomic mass is 9.30. The lowest BCUT2D eigenvalue weighted by Gasteiger charge is -2.46. The van der Waals surface area contributed by atoms with Crippen LogP contribution in [0.4, 0.5) is 34.1 Å². The van der Waals surface area contributed by atoms with Crippen molar-refractivity contribution in [2.24, 2.45) is 0 Å². The van der Waals surface area contributed by atoms with E-state index in [4.69, 9.17) is 9.47 Å². The van der Waals surface area contributed by atoms with Crippen LogP contribution in [0.1, 0.15) is 30.5 Å². The number of thiophene rings is 1. The highest BCUT2D eigenvalue weighted by Crippen LogP contribution is 2.53. The summed E-state index contributed by atoms with van der Waals surface area (Å²) >= 11 is 1.88. The third kappa shape index (κ3) is 4.41. The number of para-hydroxylation sites is 3. The van der Waals surface area contributed by atoms with Gasteiger partial charge in [0.1, 0.15) is 23.0 Å². The molecule has 0 atom stereocenters. The van der Waals surface area contributed by atoms with Gasteiger partial charge in [-0.15, -0.1) is 11.3 Å². The molecule has 0 N–H and O–H groups in total. The van der Waals surface area contributed by atoms with E-state index < -0.39 is 0 Å². The van der Waals surface area contributed by atoms with Gasteiger partial charge >= 0.3 is 0 Å². The summed E-state index contributed by atoms with van der Waals surface area (Å²) in [6.07, 6.45) is 0. The minimum atomic E-state index is -0.251. The molecule has 61 heavy (non-hydrogen) atoms. The van der Waals surface area contributed by atoms with Crippen molar-refractivity contribution in [1.29, 1.82) is 0 Å². The fourth-order valence-corrected chi connectivity index (χ4v) is 12.7. The first-order valence-corrected chi connectivity index (χ1v) is 22.0. The first-order chi connectivity index (χ1) is 29.9. The third-order valence-electron chi connectivity index (χ3n) is 14.0. The number of anilines is 6. The number of hydrogen-bond acceptors (Lipinski definition) is 5. The van der Waals surface area contributed by atoms with Crippen molar-refractivity contribution in [3.63, 3.8) is 0 Å². The molecule has 9 aromatic rings. The predicted octanol–water partition coefficient (Wildman–Crippen LogP) is 10.3. The summed E-state index contributed by atoms with van der Waals surface area (Å²) in [5.41, 5.74) is 19.6. The quantitative estimate of drug-likeness (QED) is 0.166. The molecule has 0 unspecified atom stereocenters. The summed E-state index contributed by atoms with van der Waals surface area (Å²) in [5, 5.41) is 1.19. The van der Waals surface area contributed by atoms with Gasteiger partial charge in [0.15, 0.2) is 0 Å². The molecule has 286 valence electrons. The number of hydrogen-bond donors (Lipinski definition) is 0. The van der Waals surface area contributed by atoms with E-state index in [1.807, 2.05) is 11.3 Å². The zero-order valence-corrected chi connectivity index (χ0v) is 34.7. The van der Waals surface area contributed by atoms with Gasteiger partial charge in [0.25, 0.3) is 13.4 Å². The summed E-state index contributed by atoms with van der Waals surface area (Å²) in [4.78, 5) is 4.87. The number of fused-ring (bicyclic) bond motifs is 13. The first kappa shape index (κ1) is 33.8. The highest BCUT2D eigenvalue weighted by atomic mass is 32.1. The molecule has 0 spiro atoms. The maximum absolute atomic E-state index is 7.06. The first-order valence-electron chi connectivity index (χ1n) is 21.2. The minimum absolute atomic E-state index is 0.00211. The van der Waals surface area contributed by atoms with Gasteiger partial charge in [0.2, 0.25) is 0 Å². The van der Waals surface area contributed by atoms with Crippen molar-refractivity contribution < 1.29 is 9.47 Å². The molecule has 1 aliphatic carbocycles. The van der Waals surface area contributed by atoms with Gasteiger partial charge in [-0.3, -0.25) is 0 Å². The highest BCUT2D eigenvalue weighted by molar-refractivity contribution is 7.33. The maximum Gasteiger partial charge on any atom is 0.268 e. The molecule has 0 saturated heterocycles. The second kappa shape index (κ2) is 11.9. The molecule has 5 aliphatic rings. The predicted molar refractivity (Wildman–Crippen MR) is 256 cm³/mol. The Morgan fingerprint density at radius 2 is 1.20 bits per heavy atom. The van der Waals surface area contributed by atoms with Gasteiger partial charge in [-0.05, 0) is 141 Å². The van der Waals surface area contributed by atoms with Crippen LogP contribution in [-0.2, 0) is 5.41 Å². The van der Waals surface area contributed by atoms with E-state index in [1.54, 1.807) is 0 Å². The average Bonchev–Trinajstić information content (AvgIpc) is 3.75. The van der Waals surface area contributed by atoms with E-state index in [0.717, 1.165) is 40.1 Å². The number of benzene rings is 8. The molecule has 7 heteroatoms. The van der Waals surface area contributed by atoms with Crippen molar-refractivity contribution in [2.75, 3.05) is 9.80 Å². The molecular formula is C54H36B2N2O2S. The summed E-state index contributed by atoms with van der Waals surface area (Å²) in [6, 6.07) is 60.2. The molecule has 5 heterocycles. The van der Waals surface area contributed by atoms with Gasteiger partial charge < -0.3 is 19.3 Å². The molecule has 0 amide bonds. The normalized spacial score (nSPS) is 14.8. The van der Waals surface area contributed by atoms with Gasteiger partial charge in [0.05, 0.1) is 0 Å². The van der Waals surface area contributed by atoms with Crippen molar-refractivity contribution in [1.82, 2.24) is 0 Å². The number of rotatable bonds is 3. The smallest absolute Gasteiger partial charge is 0.268 e. The van der Waals surface area contributed by atoms with Crippen molar-refractivity contribution in [2.45, 2.75) is 26.2 Å². The van der Waals surface area contributed by atoms with Gasteiger partial charge in [-0.25, -0.2) is 0 Å². The zero-order chi connectivity index (χ0) is 40.3. The van der Waals surface area contributed by atoms with E-state index in [0.29, 0.717) is 0 Å². The van der Waals surface area contributed by atoms with Gasteiger partial charge in [-0.1, -0.05) is 98.8 Å². The molecule has 4 nitrogen and oxygen atoms in total. The average molecular weight is 799 g/mol. The lowest BCUT2D eigenvalue weighted by Crippen LogP contribution is -2.66. The van der Waals surface area contributed by atoms with Gasteiger partial charge in [-0.2, -0.15) is 0 Å². The molecule has 1 aromatic heterocycles. The second-order valence-electron chi connectivity index (χ2n) is 17.7. The number of aryl methyl sites for hydroxylation is 1. The molecule has 0 fully saturated rings. The van der Waals surface area contributed by atoms with Crippen LogP contribution in [-0.4, -0.2) is 13.4 Å². The Morgan fingerprint density at radius 3 is 1.93 bits per heavy atom. The molecule has 14 rings (SSSR count). The monoisotopic (exact) mass is 798 g/mol. The summed E-state index contributed by atoms with van der Waals surface area (Å²) in [7, 11) is 0. The van der Waals surface area contributed by atoms with Crippen molar-refractivity contribution >= 4 is 101 Å². The number of nitrogens with zero attached hydrogens (tertiary/aromatic N) is 2. The Hall–Kier alpha value is -6.95. The fraction of sp³-hybridized carbons (Fsp3) is 0.0741. The highest BCUT2D eigenvalue weighted by Gasteiger charge is 2.50. The van der Waals surface area contributed by atoms with Crippen molar-refractivity contribution in [3.05, 3.63) is 180 Å². The molecular weight excluding hydrogens is 762 g/mol. The van der Waals surface area contributed by atoms with Crippen LogP contribution in [0.3, 0.4) is 0 Å². The van der Waals surface area contributed by atoms with Gasteiger partial charge in [0, 0.05) is 54.4 Å². The Morgan fingerprint density at radius 1 is 0.541 bits per heavy atom. The summed E-state index contributed by atoms with van der Waals surface area (Å²) in [6.45, 7) is 7.03. The number of ether oxygens (including phenoxy) is 2. The third-order valence-corrected chi connectivity index (χ3v) is 15.2. The van der Waals surface area contributed by atoms with Crippen LogP contribution >= 0.6 is 11.3 Å².